The van der Waals surface area contributed by atoms with Crippen LogP contribution in [-0.2, 0) is 17.2 Å². The summed E-state index contributed by atoms with van der Waals surface area (Å²) in [5.41, 5.74) is 4.82. The number of benzene rings is 2. The molecule has 3 rings (SSSR count). The van der Waals surface area contributed by atoms with Crippen molar-refractivity contribution < 1.29 is 4.21 Å². The molecule has 0 radical (unpaired) electrons. The molecule has 0 spiro atoms. The molecule has 0 N–H and O–H groups in total. The second-order valence-corrected chi connectivity index (χ2v) is 6.08. The molecule has 0 amide bonds. The summed E-state index contributed by atoms with van der Waals surface area (Å²) in [6.07, 6.45) is 0.901. The molecular weight excluding hydrogens is 228 g/mol. The first-order valence-electron chi connectivity index (χ1n) is 5.76. The van der Waals surface area contributed by atoms with Gasteiger partial charge in [-0.25, -0.2) is 4.21 Å². The molecule has 1 aliphatic rings. The van der Waals surface area contributed by atoms with Gasteiger partial charge < -0.3 is 0 Å². The van der Waals surface area contributed by atoms with E-state index >= 15 is 0 Å². The van der Waals surface area contributed by atoms with Crippen molar-refractivity contribution in [2.45, 2.75) is 30.1 Å². The van der Waals surface area contributed by atoms with E-state index in [4.69, 9.17) is 0 Å². The number of hydrogen-bond donors (Lipinski definition) is 0. The van der Waals surface area contributed by atoms with Crippen LogP contribution >= 0.6 is 0 Å². The summed E-state index contributed by atoms with van der Waals surface area (Å²) < 4.78 is 12.5. The minimum Gasteiger partial charge on any atom is -0.249 e. The predicted octanol–water partition coefficient (Wildman–Crippen LogP) is 3.37. The van der Waals surface area contributed by atoms with E-state index in [9.17, 15) is 4.21 Å². The van der Waals surface area contributed by atoms with Gasteiger partial charge in [0.05, 0.1) is 10.8 Å². The zero-order valence-corrected chi connectivity index (χ0v) is 10.8. The first kappa shape index (κ1) is 10.7. The van der Waals surface area contributed by atoms with E-state index < -0.39 is 10.8 Å². The zero-order valence-electron chi connectivity index (χ0n) is 9.99. The predicted molar refractivity (Wildman–Crippen MR) is 69.8 cm³/mol. The third kappa shape index (κ3) is 1.73. The fourth-order valence-corrected chi connectivity index (χ4v) is 3.80. The standard InChI is InChI=1S/C15H14OS/c1-10-4-6-14-13(7-10)9-12-5-3-11(2)8-15(12)17(14)16/h3-8H,9H2,1-2H3. The molecule has 0 aromatic heterocycles. The zero-order chi connectivity index (χ0) is 12.0. The van der Waals surface area contributed by atoms with Gasteiger partial charge in [-0.2, -0.15) is 0 Å². The molecule has 2 aromatic carbocycles. The Hall–Kier alpha value is -1.41. The van der Waals surface area contributed by atoms with Crippen molar-refractivity contribution in [2.75, 3.05) is 0 Å². The average molecular weight is 242 g/mol. The van der Waals surface area contributed by atoms with Gasteiger partial charge in [0.1, 0.15) is 0 Å². The lowest BCUT2D eigenvalue weighted by molar-refractivity contribution is 0.679. The molecule has 0 fully saturated rings. The van der Waals surface area contributed by atoms with Gasteiger partial charge in [0, 0.05) is 9.79 Å². The lowest BCUT2D eigenvalue weighted by Gasteiger charge is -2.19. The maximum Gasteiger partial charge on any atom is 0.0855 e. The van der Waals surface area contributed by atoms with Crippen molar-refractivity contribution in [3.8, 4) is 0 Å². The Bertz CT molecular complexity index is 629. The fourth-order valence-electron chi connectivity index (χ4n) is 2.33. The molecule has 1 aliphatic heterocycles. The molecular formula is C15H14OS. The second-order valence-electron chi connectivity index (χ2n) is 4.67. The summed E-state index contributed by atoms with van der Waals surface area (Å²) in [7, 11) is -1.01. The first-order chi connectivity index (χ1) is 8.15. The molecule has 1 heterocycles. The van der Waals surface area contributed by atoms with Gasteiger partial charge in [-0.15, -0.1) is 0 Å². The van der Waals surface area contributed by atoms with E-state index in [1.54, 1.807) is 0 Å². The Kier molecular flexibility index (Phi) is 2.40. The molecule has 1 atom stereocenters. The van der Waals surface area contributed by atoms with Crippen molar-refractivity contribution in [2.24, 2.45) is 0 Å². The maximum atomic E-state index is 12.5. The normalized spacial score (nSPS) is 17.4. The van der Waals surface area contributed by atoms with Crippen LogP contribution in [0.3, 0.4) is 0 Å². The van der Waals surface area contributed by atoms with Crippen LogP contribution in [0.2, 0.25) is 0 Å². The summed E-state index contributed by atoms with van der Waals surface area (Å²) >= 11 is 0. The molecule has 2 aromatic rings. The van der Waals surface area contributed by atoms with Crippen LogP contribution in [0.4, 0.5) is 0 Å². The largest absolute Gasteiger partial charge is 0.249 e. The highest BCUT2D eigenvalue weighted by atomic mass is 32.2. The number of rotatable bonds is 0. The van der Waals surface area contributed by atoms with Crippen molar-refractivity contribution in [1.29, 1.82) is 0 Å². The summed E-state index contributed by atoms with van der Waals surface area (Å²) in [5, 5.41) is 0. The topological polar surface area (TPSA) is 17.1 Å². The summed E-state index contributed by atoms with van der Waals surface area (Å²) in [6.45, 7) is 4.12. The highest BCUT2D eigenvalue weighted by Crippen LogP contribution is 2.32. The van der Waals surface area contributed by atoms with E-state index in [0.717, 1.165) is 16.2 Å². The molecule has 17 heavy (non-hydrogen) atoms. The van der Waals surface area contributed by atoms with Gasteiger partial charge in [-0.05, 0) is 49.1 Å². The van der Waals surface area contributed by atoms with E-state index in [-0.39, 0.29) is 0 Å². The molecule has 0 saturated heterocycles. The number of hydrogen-bond acceptors (Lipinski definition) is 1. The van der Waals surface area contributed by atoms with E-state index in [0.29, 0.717) is 0 Å². The van der Waals surface area contributed by atoms with Crippen LogP contribution < -0.4 is 0 Å². The van der Waals surface area contributed by atoms with Crippen LogP contribution in [0, 0.1) is 13.8 Å². The van der Waals surface area contributed by atoms with Crippen LogP contribution in [0.1, 0.15) is 22.3 Å². The van der Waals surface area contributed by atoms with E-state index in [1.807, 2.05) is 25.1 Å². The molecule has 1 unspecified atom stereocenters. The monoisotopic (exact) mass is 242 g/mol. The summed E-state index contributed by atoms with van der Waals surface area (Å²) in [4.78, 5) is 1.97. The molecule has 0 bridgehead atoms. The van der Waals surface area contributed by atoms with E-state index in [2.05, 4.69) is 25.1 Å². The van der Waals surface area contributed by atoms with Gasteiger partial charge in [-0.3, -0.25) is 0 Å². The quantitative estimate of drug-likeness (QED) is 0.590. The van der Waals surface area contributed by atoms with Gasteiger partial charge in [-0.1, -0.05) is 29.8 Å². The minimum absolute atomic E-state index is 0.901. The number of aryl methyl sites for hydroxylation is 2. The van der Waals surface area contributed by atoms with E-state index in [1.165, 1.54) is 22.3 Å². The Balaban J connectivity index is 2.21. The Morgan fingerprint density at radius 2 is 1.59 bits per heavy atom. The molecule has 1 nitrogen and oxygen atoms in total. The maximum absolute atomic E-state index is 12.5. The van der Waals surface area contributed by atoms with Crippen LogP contribution in [0.15, 0.2) is 46.2 Å². The minimum atomic E-state index is -1.01. The number of fused-ring (bicyclic) bond motifs is 2. The summed E-state index contributed by atoms with van der Waals surface area (Å²) in [6, 6.07) is 12.4. The highest BCUT2D eigenvalue weighted by molar-refractivity contribution is 7.85. The third-order valence-electron chi connectivity index (χ3n) is 3.22. The third-order valence-corrected chi connectivity index (χ3v) is 4.80. The summed E-state index contributed by atoms with van der Waals surface area (Å²) in [5.74, 6) is 0. The Morgan fingerprint density at radius 3 is 2.41 bits per heavy atom. The smallest absolute Gasteiger partial charge is 0.0855 e. The van der Waals surface area contributed by atoms with Gasteiger partial charge in [0.15, 0.2) is 0 Å². The van der Waals surface area contributed by atoms with Gasteiger partial charge >= 0.3 is 0 Å². The molecule has 2 heteroatoms. The second kappa shape index (κ2) is 3.81. The Morgan fingerprint density at radius 1 is 0.882 bits per heavy atom. The lowest BCUT2D eigenvalue weighted by atomic mass is 10.0. The highest BCUT2D eigenvalue weighted by Gasteiger charge is 2.21. The average Bonchev–Trinajstić information content (AvgIpc) is 2.30. The van der Waals surface area contributed by atoms with Crippen LogP contribution in [0.5, 0.6) is 0 Å². The van der Waals surface area contributed by atoms with Gasteiger partial charge in [0.2, 0.25) is 0 Å². The molecule has 0 aliphatic carbocycles. The van der Waals surface area contributed by atoms with Crippen LogP contribution in [-0.4, -0.2) is 4.21 Å². The first-order valence-corrected chi connectivity index (χ1v) is 6.91. The lowest BCUT2D eigenvalue weighted by Crippen LogP contribution is -2.09. The van der Waals surface area contributed by atoms with Crippen molar-refractivity contribution in [3.05, 3.63) is 58.7 Å². The van der Waals surface area contributed by atoms with Crippen LogP contribution in [0.25, 0.3) is 0 Å². The molecule has 0 saturated carbocycles. The van der Waals surface area contributed by atoms with Crippen molar-refractivity contribution in [3.63, 3.8) is 0 Å². The van der Waals surface area contributed by atoms with Crippen molar-refractivity contribution >= 4 is 10.8 Å². The van der Waals surface area contributed by atoms with Crippen molar-refractivity contribution in [1.82, 2.24) is 0 Å². The SMILES string of the molecule is Cc1ccc2c(c1)Cc1ccc(C)cc1S2=O. The van der Waals surface area contributed by atoms with Gasteiger partial charge in [0.25, 0.3) is 0 Å². The fraction of sp³-hybridized carbons (Fsp3) is 0.200. The Labute approximate surface area is 104 Å². The molecule has 86 valence electrons.